The summed E-state index contributed by atoms with van der Waals surface area (Å²) in [4.78, 5) is 0. The third-order valence-corrected chi connectivity index (χ3v) is 5.81. The molecule has 2 rings (SSSR count). The molecule has 1 fully saturated rings. The SMILES string of the molecule is CCCCCCCC1CCC(C(C)Cc2ccccc2)CC1. The second kappa shape index (κ2) is 10.1. The summed E-state index contributed by atoms with van der Waals surface area (Å²) in [7, 11) is 0. The molecule has 0 spiro atoms. The molecule has 1 aromatic carbocycles. The highest BCUT2D eigenvalue weighted by Gasteiger charge is 2.24. The van der Waals surface area contributed by atoms with E-state index < -0.39 is 0 Å². The molecule has 1 aliphatic rings. The average molecular weight is 301 g/mol. The molecule has 0 radical (unpaired) electrons. The van der Waals surface area contributed by atoms with Gasteiger partial charge in [0, 0.05) is 0 Å². The Hall–Kier alpha value is -0.780. The summed E-state index contributed by atoms with van der Waals surface area (Å²) in [5, 5.41) is 0. The van der Waals surface area contributed by atoms with E-state index in [1.807, 2.05) is 0 Å². The van der Waals surface area contributed by atoms with E-state index >= 15 is 0 Å². The van der Waals surface area contributed by atoms with Crippen molar-refractivity contribution in [2.75, 3.05) is 0 Å². The number of hydrogen-bond donors (Lipinski definition) is 0. The molecule has 124 valence electrons. The second-order valence-electron chi connectivity index (χ2n) is 7.65. The molecule has 1 aliphatic carbocycles. The highest BCUT2D eigenvalue weighted by molar-refractivity contribution is 5.15. The quantitative estimate of drug-likeness (QED) is 0.429. The van der Waals surface area contributed by atoms with Crippen molar-refractivity contribution in [2.24, 2.45) is 17.8 Å². The first-order valence-corrected chi connectivity index (χ1v) is 9.83. The summed E-state index contributed by atoms with van der Waals surface area (Å²) in [6.45, 7) is 4.78. The Morgan fingerprint density at radius 2 is 1.59 bits per heavy atom. The molecule has 0 amide bonds. The van der Waals surface area contributed by atoms with Crippen LogP contribution in [-0.2, 0) is 6.42 Å². The molecular formula is C22H36. The van der Waals surface area contributed by atoms with Crippen LogP contribution >= 0.6 is 0 Å². The Bertz CT molecular complexity index is 372. The van der Waals surface area contributed by atoms with Crippen molar-refractivity contribution in [3.05, 3.63) is 35.9 Å². The molecule has 1 atom stereocenters. The van der Waals surface area contributed by atoms with Gasteiger partial charge >= 0.3 is 0 Å². The number of rotatable bonds is 9. The molecule has 1 aromatic rings. The molecule has 1 unspecified atom stereocenters. The fourth-order valence-electron chi connectivity index (χ4n) is 4.24. The standard InChI is InChI=1S/C22H36/c1-3-4-5-6-8-11-20-14-16-22(17-15-20)19(2)18-21-12-9-7-10-13-21/h7,9-10,12-13,19-20,22H,3-6,8,11,14-18H2,1-2H3. The van der Waals surface area contributed by atoms with Crippen molar-refractivity contribution in [1.29, 1.82) is 0 Å². The number of hydrogen-bond acceptors (Lipinski definition) is 0. The van der Waals surface area contributed by atoms with Crippen molar-refractivity contribution in [3.8, 4) is 0 Å². The van der Waals surface area contributed by atoms with Gasteiger partial charge < -0.3 is 0 Å². The van der Waals surface area contributed by atoms with Gasteiger partial charge in [0.25, 0.3) is 0 Å². The van der Waals surface area contributed by atoms with Crippen LogP contribution in [0.3, 0.4) is 0 Å². The molecule has 0 bridgehead atoms. The average Bonchev–Trinajstić information content (AvgIpc) is 2.56. The molecule has 0 aliphatic heterocycles. The van der Waals surface area contributed by atoms with Gasteiger partial charge in [0.2, 0.25) is 0 Å². The van der Waals surface area contributed by atoms with Crippen LogP contribution < -0.4 is 0 Å². The fourth-order valence-corrected chi connectivity index (χ4v) is 4.24. The van der Waals surface area contributed by atoms with Crippen LogP contribution in [0, 0.1) is 17.8 Å². The summed E-state index contributed by atoms with van der Waals surface area (Å²) in [5.41, 5.74) is 1.52. The lowest BCUT2D eigenvalue weighted by molar-refractivity contribution is 0.204. The molecule has 0 N–H and O–H groups in total. The van der Waals surface area contributed by atoms with Crippen molar-refractivity contribution in [3.63, 3.8) is 0 Å². The van der Waals surface area contributed by atoms with E-state index in [1.54, 1.807) is 0 Å². The van der Waals surface area contributed by atoms with Gasteiger partial charge in [-0.15, -0.1) is 0 Å². The van der Waals surface area contributed by atoms with Gasteiger partial charge in [-0.1, -0.05) is 95.5 Å². The Morgan fingerprint density at radius 3 is 2.27 bits per heavy atom. The predicted octanol–water partition coefficient (Wildman–Crippen LogP) is 7.03. The lowest BCUT2D eigenvalue weighted by Crippen LogP contribution is -2.21. The largest absolute Gasteiger partial charge is 0.0654 e. The lowest BCUT2D eigenvalue weighted by atomic mass is 9.73. The van der Waals surface area contributed by atoms with Crippen LogP contribution in [0.2, 0.25) is 0 Å². The first kappa shape index (κ1) is 17.6. The highest BCUT2D eigenvalue weighted by Crippen LogP contribution is 2.36. The van der Waals surface area contributed by atoms with Crippen LogP contribution in [0.15, 0.2) is 30.3 Å². The summed E-state index contributed by atoms with van der Waals surface area (Å²) >= 11 is 0. The maximum absolute atomic E-state index is 2.47. The maximum Gasteiger partial charge on any atom is -0.0250 e. The summed E-state index contributed by atoms with van der Waals surface area (Å²) in [6.07, 6.45) is 15.9. The molecule has 22 heavy (non-hydrogen) atoms. The van der Waals surface area contributed by atoms with Gasteiger partial charge in [-0.2, -0.15) is 0 Å². The van der Waals surface area contributed by atoms with E-state index in [0.717, 1.165) is 17.8 Å². The van der Waals surface area contributed by atoms with Crippen LogP contribution in [0.1, 0.15) is 83.6 Å². The molecule has 0 aromatic heterocycles. The van der Waals surface area contributed by atoms with Crippen molar-refractivity contribution >= 4 is 0 Å². The fraction of sp³-hybridized carbons (Fsp3) is 0.727. The van der Waals surface area contributed by atoms with Gasteiger partial charge in [0.15, 0.2) is 0 Å². The minimum atomic E-state index is 0.855. The Labute approximate surface area is 138 Å². The Balaban J connectivity index is 1.62. The third kappa shape index (κ3) is 6.15. The van der Waals surface area contributed by atoms with Crippen molar-refractivity contribution in [1.82, 2.24) is 0 Å². The first-order valence-electron chi connectivity index (χ1n) is 9.83. The summed E-state index contributed by atoms with van der Waals surface area (Å²) in [6, 6.07) is 11.1. The van der Waals surface area contributed by atoms with Gasteiger partial charge in [-0.25, -0.2) is 0 Å². The molecule has 0 nitrogen and oxygen atoms in total. The van der Waals surface area contributed by atoms with E-state index in [0.29, 0.717) is 0 Å². The minimum absolute atomic E-state index is 0.855. The topological polar surface area (TPSA) is 0 Å². The highest BCUT2D eigenvalue weighted by atomic mass is 14.3. The smallest absolute Gasteiger partial charge is 0.0250 e. The Morgan fingerprint density at radius 1 is 0.909 bits per heavy atom. The van der Waals surface area contributed by atoms with Crippen LogP contribution in [0.4, 0.5) is 0 Å². The first-order chi connectivity index (χ1) is 10.8. The Kier molecular flexibility index (Phi) is 8.05. The van der Waals surface area contributed by atoms with Crippen LogP contribution in [-0.4, -0.2) is 0 Å². The van der Waals surface area contributed by atoms with E-state index in [4.69, 9.17) is 0 Å². The van der Waals surface area contributed by atoms with Crippen LogP contribution in [0.5, 0.6) is 0 Å². The molecule has 0 heteroatoms. The lowest BCUT2D eigenvalue weighted by Gasteiger charge is -2.32. The van der Waals surface area contributed by atoms with Crippen molar-refractivity contribution < 1.29 is 0 Å². The molecular weight excluding hydrogens is 264 g/mol. The third-order valence-electron chi connectivity index (χ3n) is 5.81. The molecule has 0 saturated heterocycles. The zero-order valence-electron chi connectivity index (χ0n) is 14.9. The van der Waals surface area contributed by atoms with E-state index in [1.165, 1.54) is 76.2 Å². The zero-order chi connectivity index (χ0) is 15.6. The second-order valence-corrected chi connectivity index (χ2v) is 7.65. The number of unbranched alkanes of at least 4 members (excludes halogenated alkanes) is 4. The van der Waals surface area contributed by atoms with Gasteiger partial charge in [0.05, 0.1) is 0 Å². The van der Waals surface area contributed by atoms with Gasteiger partial charge in [-0.05, 0) is 42.6 Å². The summed E-state index contributed by atoms with van der Waals surface area (Å²) in [5.74, 6) is 2.87. The number of benzene rings is 1. The van der Waals surface area contributed by atoms with E-state index in [-0.39, 0.29) is 0 Å². The predicted molar refractivity (Wildman–Crippen MR) is 98.1 cm³/mol. The van der Waals surface area contributed by atoms with Gasteiger partial charge in [-0.3, -0.25) is 0 Å². The van der Waals surface area contributed by atoms with E-state index in [9.17, 15) is 0 Å². The monoisotopic (exact) mass is 300 g/mol. The summed E-state index contributed by atoms with van der Waals surface area (Å²) < 4.78 is 0. The normalized spacial score (nSPS) is 23.4. The van der Waals surface area contributed by atoms with Crippen LogP contribution in [0.25, 0.3) is 0 Å². The minimum Gasteiger partial charge on any atom is -0.0654 e. The van der Waals surface area contributed by atoms with E-state index in [2.05, 4.69) is 44.2 Å². The maximum atomic E-state index is 2.47. The van der Waals surface area contributed by atoms with Crippen molar-refractivity contribution in [2.45, 2.75) is 84.5 Å². The zero-order valence-corrected chi connectivity index (χ0v) is 14.9. The molecule has 1 saturated carbocycles. The molecule has 0 heterocycles. The van der Waals surface area contributed by atoms with Gasteiger partial charge in [0.1, 0.15) is 0 Å².